The van der Waals surface area contributed by atoms with Crippen LogP contribution in [0.4, 0.5) is 4.39 Å². The predicted octanol–water partition coefficient (Wildman–Crippen LogP) is 4.58. The third-order valence-electron chi connectivity index (χ3n) is 3.03. The van der Waals surface area contributed by atoms with Crippen LogP contribution in [0.5, 0.6) is 0 Å². The highest BCUT2D eigenvalue weighted by Gasteiger charge is 2.05. The summed E-state index contributed by atoms with van der Waals surface area (Å²) in [7, 11) is 0. The number of rotatable bonds is 6. The SMILES string of the molecule is CCCC(CC)CCc1ccc(F)cc1. The van der Waals surface area contributed by atoms with Gasteiger partial charge >= 0.3 is 0 Å². The van der Waals surface area contributed by atoms with E-state index in [1.54, 1.807) is 12.1 Å². The van der Waals surface area contributed by atoms with Crippen LogP contribution in [0.3, 0.4) is 0 Å². The van der Waals surface area contributed by atoms with Crippen molar-refractivity contribution in [3.8, 4) is 0 Å². The molecule has 0 heterocycles. The summed E-state index contributed by atoms with van der Waals surface area (Å²) in [6.07, 6.45) is 6.16. The van der Waals surface area contributed by atoms with Crippen molar-refractivity contribution in [1.82, 2.24) is 0 Å². The summed E-state index contributed by atoms with van der Waals surface area (Å²) in [5.74, 6) is 0.694. The average molecular weight is 208 g/mol. The van der Waals surface area contributed by atoms with Crippen LogP contribution in [0, 0.1) is 11.7 Å². The molecular formula is C14H21F. The number of halogens is 1. The van der Waals surface area contributed by atoms with Gasteiger partial charge in [-0.25, -0.2) is 4.39 Å². The molecule has 0 aromatic heterocycles. The summed E-state index contributed by atoms with van der Waals surface area (Å²) >= 11 is 0. The van der Waals surface area contributed by atoms with Crippen molar-refractivity contribution in [3.63, 3.8) is 0 Å². The fourth-order valence-electron chi connectivity index (χ4n) is 1.98. The van der Waals surface area contributed by atoms with E-state index in [-0.39, 0.29) is 5.82 Å². The molecule has 0 amide bonds. The van der Waals surface area contributed by atoms with Gasteiger partial charge in [-0.05, 0) is 36.5 Å². The lowest BCUT2D eigenvalue weighted by Gasteiger charge is -2.13. The highest BCUT2D eigenvalue weighted by Crippen LogP contribution is 2.18. The van der Waals surface area contributed by atoms with Crippen molar-refractivity contribution in [2.75, 3.05) is 0 Å². The lowest BCUT2D eigenvalue weighted by molar-refractivity contribution is 0.432. The first-order chi connectivity index (χ1) is 7.26. The second kappa shape index (κ2) is 6.60. The number of hydrogen-bond acceptors (Lipinski definition) is 0. The Morgan fingerprint density at radius 2 is 1.73 bits per heavy atom. The summed E-state index contributed by atoms with van der Waals surface area (Å²) in [4.78, 5) is 0. The molecule has 1 atom stereocenters. The minimum Gasteiger partial charge on any atom is -0.207 e. The van der Waals surface area contributed by atoms with Gasteiger partial charge in [0.15, 0.2) is 0 Å². The van der Waals surface area contributed by atoms with Gasteiger partial charge in [0, 0.05) is 0 Å². The molecule has 0 nitrogen and oxygen atoms in total. The molecule has 0 spiro atoms. The molecular weight excluding hydrogens is 187 g/mol. The summed E-state index contributed by atoms with van der Waals surface area (Å²) in [5.41, 5.74) is 1.26. The van der Waals surface area contributed by atoms with E-state index >= 15 is 0 Å². The summed E-state index contributed by atoms with van der Waals surface area (Å²) in [6.45, 7) is 4.49. The number of aryl methyl sites for hydroxylation is 1. The van der Waals surface area contributed by atoms with Crippen molar-refractivity contribution in [1.29, 1.82) is 0 Å². The second-order valence-corrected chi connectivity index (χ2v) is 4.23. The van der Waals surface area contributed by atoms with E-state index in [4.69, 9.17) is 0 Å². The molecule has 1 heteroatoms. The first kappa shape index (κ1) is 12.2. The fourth-order valence-corrected chi connectivity index (χ4v) is 1.98. The molecule has 84 valence electrons. The van der Waals surface area contributed by atoms with E-state index in [9.17, 15) is 4.39 Å². The Kier molecular flexibility index (Phi) is 5.38. The molecule has 0 radical (unpaired) electrons. The predicted molar refractivity (Wildman–Crippen MR) is 63.4 cm³/mol. The molecule has 0 aliphatic heterocycles. The largest absolute Gasteiger partial charge is 0.207 e. The first-order valence-corrected chi connectivity index (χ1v) is 6.00. The van der Waals surface area contributed by atoms with Gasteiger partial charge in [0.2, 0.25) is 0 Å². The summed E-state index contributed by atoms with van der Waals surface area (Å²) in [6, 6.07) is 6.90. The molecule has 0 aliphatic rings. The number of benzene rings is 1. The summed E-state index contributed by atoms with van der Waals surface area (Å²) < 4.78 is 12.7. The van der Waals surface area contributed by atoms with E-state index in [2.05, 4.69) is 13.8 Å². The quantitative estimate of drug-likeness (QED) is 0.641. The Morgan fingerprint density at radius 1 is 1.07 bits per heavy atom. The molecule has 0 fully saturated rings. The highest BCUT2D eigenvalue weighted by atomic mass is 19.1. The van der Waals surface area contributed by atoms with Crippen LogP contribution < -0.4 is 0 Å². The molecule has 0 bridgehead atoms. The van der Waals surface area contributed by atoms with Gasteiger partial charge < -0.3 is 0 Å². The van der Waals surface area contributed by atoms with Crippen LogP contribution >= 0.6 is 0 Å². The maximum atomic E-state index is 12.7. The van der Waals surface area contributed by atoms with Gasteiger partial charge in [-0.15, -0.1) is 0 Å². The molecule has 0 saturated heterocycles. The molecule has 0 saturated carbocycles. The van der Waals surface area contributed by atoms with Gasteiger partial charge in [-0.2, -0.15) is 0 Å². The zero-order valence-electron chi connectivity index (χ0n) is 9.80. The topological polar surface area (TPSA) is 0 Å². The maximum Gasteiger partial charge on any atom is 0.123 e. The Morgan fingerprint density at radius 3 is 2.27 bits per heavy atom. The molecule has 1 aromatic rings. The maximum absolute atomic E-state index is 12.7. The Bertz CT molecular complexity index is 263. The van der Waals surface area contributed by atoms with Gasteiger partial charge in [0.1, 0.15) is 5.82 Å². The second-order valence-electron chi connectivity index (χ2n) is 4.23. The van der Waals surface area contributed by atoms with Crippen LogP contribution in [-0.4, -0.2) is 0 Å². The van der Waals surface area contributed by atoms with Gasteiger partial charge in [-0.1, -0.05) is 45.2 Å². The third kappa shape index (κ3) is 4.46. The lowest BCUT2D eigenvalue weighted by Crippen LogP contribution is -2.00. The first-order valence-electron chi connectivity index (χ1n) is 6.00. The van der Waals surface area contributed by atoms with E-state index in [0.29, 0.717) is 0 Å². The monoisotopic (exact) mass is 208 g/mol. The Balaban J connectivity index is 2.38. The van der Waals surface area contributed by atoms with Gasteiger partial charge in [0.25, 0.3) is 0 Å². The van der Waals surface area contributed by atoms with E-state index in [1.807, 2.05) is 12.1 Å². The minimum atomic E-state index is -0.139. The summed E-state index contributed by atoms with van der Waals surface area (Å²) in [5, 5.41) is 0. The highest BCUT2D eigenvalue weighted by molar-refractivity contribution is 5.16. The molecule has 1 aromatic carbocycles. The van der Waals surface area contributed by atoms with Gasteiger partial charge in [0.05, 0.1) is 0 Å². The van der Waals surface area contributed by atoms with Crippen molar-refractivity contribution < 1.29 is 4.39 Å². The van der Waals surface area contributed by atoms with Crippen LogP contribution in [0.15, 0.2) is 24.3 Å². The fraction of sp³-hybridized carbons (Fsp3) is 0.571. The van der Waals surface area contributed by atoms with Crippen molar-refractivity contribution in [3.05, 3.63) is 35.6 Å². The minimum absolute atomic E-state index is 0.139. The van der Waals surface area contributed by atoms with Crippen LogP contribution in [0.2, 0.25) is 0 Å². The lowest BCUT2D eigenvalue weighted by atomic mass is 9.93. The van der Waals surface area contributed by atoms with Crippen LogP contribution in [0.25, 0.3) is 0 Å². The van der Waals surface area contributed by atoms with Crippen molar-refractivity contribution in [2.24, 2.45) is 5.92 Å². The molecule has 1 rings (SSSR count). The average Bonchev–Trinajstić information content (AvgIpc) is 2.26. The molecule has 0 N–H and O–H groups in total. The molecule has 15 heavy (non-hydrogen) atoms. The zero-order chi connectivity index (χ0) is 11.1. The van der Waals surface area contributed by atoms with Crippen LogP contribution in [0.1, 0.15) is 45.1 Å². The normalized spacial score (nSPS) is 12.7. The van der Waals surface area contributed by atoms with Crippen molar-refractivity contribution >= 4 is 0 Å². The van der Waals surface area contributed by atoms with E-state index < -0.39 is 0 Å². The van der Waals surface area contributed by atoms with Crippen molar-refractivity contribution in [2.45, 2.75) is 46.0 Å². The third-order valence-corrected chi connectivity index (χ3v) is 3.03. The molecule has 0 aliphatic carbocycles. The standard InChI is InChI=1S/C14H21F/c1-3-5-12(4-2)6-7-13-8-10-14(15)11-9-13/h8-12H,3-7H2,1-2H3. The molecule has 1 unspecified atom stereocenters. The Labute approximate surface area is 92.5 Å². The smallest absolute Gasteiger partial charge is 0.123 e. The van der Waals surface area contributed by atoms with E-state index in [0.717, 1.165) is 12.3 Å². The number of hydrogen-bond donors (Lipinski definition) is 0. The van der Waals surface area contributed by atoms with Gasteiger partial charge in [-0.3, -0.25) is 0 Å². The Hall–Kier alpha value is -0.850. The van der Waals surface area contributed by atoms with E-state index in [1.165, 1.54) is 31.2 Å². The van der Waals surface area contributed by atoms with Crippen LogP contribution in [-0.2, 0) is 6.42 Å². The zero-order valence-corrected chi connectivity index (χ0v) is 9.80.